The summed E-state index contributed by atoms with van der Waals surface area (Å²) in [4.78, 5) is 39.6. The molecule has 130 valence electrons. The summed E-state index contributed by atoms with van der Waals surface area (Å²) < 4.78 is 4.87. The Hall–Kier alpha value is -2.68. The molecule has 2 N–H and O–H groups in total. The molecule has 2 aliphatic rings. The van der Waals surface area contributed by atoms with Crippen LogP contribution in [0, 0.1) is 6.92 Å². The van der Waals surface area contributed by atoms with Crippen LogP contribution in [0.2, 0.25) is 0 Å². The number of anilines is 1. The molecule has 25 heavy (non-hydrogen) atoms. The quantitative estimate of drug-likeness (QED) is 0.812. The minimum atomic E-state index is -1.03. The molecule has 0 saturated carbocycles. The second kappa shape index (κ2) is 5.69. The van der Waals surface area contributed by atoms with Crippen molar-refractivity contribution in [2.24, 2.45) is 0 Å². The molecule has 1 saturated heterocycles. The van der Waals surface area contributed by atoms with E-state index in [0.29, 0.717) is 12.2 Å². The van der Waals surface area contributed by atoms with Crippen LogP contribution in [-0.2, 0) is 21.5 Å². The largest absolute Gasteiger partial charge is 0.360 e. The van der Waals surface area contributed by atoms with Crippen LogP contribution in [0.3, 0.4) is 0 Å². The van der Waals surface area contributed by atoms with Gasteiger partial charge in [-0.2, -0.15) is 0 Å². The molecule has 8 nitrogen and oxygen atoms in total. The summed E-state index contributed by atoms with van der Waals surface area (Å²) in [6.07, 6.45) is 2.27. The average Bonchev–Trinajstić information content (AvgIpc) is 3.25. The SMILES string of the molecule is Cc1cc(NC(=O)CN2C(=O)N[C@@]3(CCCc4sccc43)C2=O)no1. The molecule has 0 unspecified atom stereocenters. The minimum absolute atomic E-state index is 0.252. The van der Waals surface area contributed by atoms with E-state index in [2.05, 4.69) is 15.8 Å². The van der Waals surface area contributed by atoms with Crippen LogP contribution in [0.5, 0.6) is 0 Å². The number of aryl methyl sites for hydroxylation is 2. The second-order valence-corrected chi connectivity index (χ2v) is 7.21. The van der Waals surface area contributed by atoms with Crippen molar-refractivity contribution in [3.8, 4) is 0 Å². The van der Waals surface area contributed by atoms with Crippen LogP contribution >= 0.6 is 11.3 Å². The summed E-state index contributed by atoms with van der Waals surface area (Å²) in [7, 11) is 0. The van der Waals surface area contributed by atoms with Crippen molar-refractivity contribution in [3.63, 3.8) is 0 Å². The third-order valence-electron chi connectivity index (χ3n) is 4.53. The summed E-state index contributed by atoms with van der Waals surface area (Å²) >= 11 is 1.59. The van der Waals surface area contributed by atoms with Gasteiger partial charge >= 0.3 is 6.03 Å². The number of aromatic nitrogens is 1. The van der Waals surface area contributed by atoms with E-state index in [0.717, 1.165) is 28.2 Å². The topological polar surface area (TPSA) is 105 Å². The maximum atomic E-state index is 13.0. The lowest BCUT2D eigenvalue weighted by Crippen LogP contribution is -2.46. The Bertz CT molecular complexity index is 873. The van der Waals surface area contributed by atoms with Crippen molar-refractivity contribution in [3.05, 3.63) is 33.7 Å². The van der Waals surface area contributed by atoms with Gasteiger partial charge in [-0.05, 0) is 37.6 Å². The van der Waals surface area contributed by atoms with E-state index < -0.39 is 17.5 Å². The number of nitrogens with zero attached hydrogens (tertiary/aromatic N) is 2. The zero-order valence-electron chi connectivity index (χ0n) is 13.5. The van der Waals surface area contributed by atoms with E-state index in [4.69, 9.17) is 4.52 Å². The molecule has 1 aliphatic heterocycles. The number of rotatable bonds is 3. The third-order valence-corrected chi connectivity index (χ3v) is 5.51. The first kappa shape index (κ1) is 15.8. The van der Waals surface area contributed by atoms with Crippen molar-refractivity contribution in [1.82, 2.24) is 15.4 Å². The van der Waals surface area contributed by atoms with Gasteiger partial charge in [0, 0.05) is 16.5 Å². The maximum absolute atomic E-state index is 13.0. The minimum Gasteiger partial charge on any atom is -0.360 e. The molecule has 1 fully saturated rings. The van der Waals surface area contributed by atoms with Crippen LogP contribution in [0.15, 0.2) is 22.0 Å². The van der Waals surface area contributed by atoms with Crippen molar-refractivity contribution in [2.75, 3.05) is 11.9 Å². The van der Waals surface area contributed by atoms with Crippen LogP contribution in [0.4, 0.5) is 10.6 Å². The van der Waals surface area contributed by atoms with Crippen LogP contribution in [-0.4, -0.2) is 34.4 Å². The molecule has 2 aromatic heterocycles. The van der Waals surface area contributed by atoms with Crippen molar-refractivity contribution in [2.45, 2.75) is 31.7 Å². The molecular weight excluding hydrogens is 344 g/mol. The van der Waals surface area contributed by atoms with E-state index in [1.165, 1.54) is 0 Å². The molecule has 2 aromatic rings. The lowest BCUT2D eigenvalue weighted by atomic mass is 9.80. The van der Waals surface area contributed by atoms with Gasteiger partial charge in [0.2, 0.25) is 5.91 Å². The first-order valence-corrected chi connectivity index (χ1v) is 8.82. The van der Waals surface area contributed by atoms with Gasteiger partial charge in [-0.1, -0.05) is 5.16 Å². The van der Waals surface area contributed by atoms with Crippen LogP contribution in [0.1, 0.15) is 29.0 Å². The molecule has 1 aliphatic carbocycles. The number of nitrogens with one attached hydrogen (secondary N) is 2. The van der Waals surface area contributed by atoms with Gasteiger partial charge in [-0.15, -0.1) is 11.3 Å². The molecule has 0 radical (unpaired) electrons. The van der Waals surface area contributed by atoms with E-state index in [1.54, 1.807) is 24.3 Å². The van der Waals surface area contributed by atoms with Gasteiger partial charge in [-0.25, -0.2) is 4.79 Å². The second-order valence-electron chi connectivity index (χ2n) is 6.21. The molecule has 9 heteroatoms. The van der Waals surface area contributed by atoms with Gasteiger partial charge in [-0.3, -0.25) is 14.5 Å². The molecule has 1 atom stereocenters. The Labute approximate surface area is 147 Å². The van der Waals surface area contributed by atoms with Gasteiger partial charge in [0.15, 0.2) is 5.82 Å². The number of carbonyl (C=O) groups excluding carboxylic acids is 3. The van der Waals surface area contributed by atoms with Gasteiger partial charge in [0.1, 0.15) is 17.8 Å². The zero-order valence-corrected chi connectivity index (χ0v) is 14.3. The number of urea groups is 1. The molecule has 0 aromatic carbocycles. The fourth-order valence-corrected chi connectivity index (χ4v) is 4.44. The van der Waals surface area contributed by atoms with Crippen molar-refractivity contribution >= 4 is 35.0 Å². The summed E-state index contributed by atoms with van der Waals surface area (Å²) in [5.74, 6) is -0.0722. The van der Waals surface area contributed by atoms with E-state index in [-0.39, 0.29) is 18.3 Å². The molecular formula is C16H16N4O4S. The number of imide groups is 1. The monoisotopic (exact) mass is 360 g/mol. The highest BCUT2D eigenvalue weighted by molar-refractivity contribution is 7.10. The van der Waals surface area contributed by atoms with Crippen LogP contribution in [0.25, 0.3) is 0 Å². The third kappa shape index (κ3) is 2.51. The van der Waals surface area contributed by atoms with Gasteiger partial charge < -0.3 is 15.2 Å². The molecule has 4 amide bonds. The summed E-state index contributed by atoms with van der Waals surface area (Å²) in [5, 5.41) is 10.9. The van der Waals surface area contributed by atoms with Crippen molar-refractivity contribution < 1.29 is 18.9 Å². The predicted octanol–water partition coefficient (Wildman–Crippen LogP) is 1.77. The number of thiophene rings is 1. The summed E-state index contributed by atoms with van der Waals surface area (Å²) in [5.41, 5.74) is -0.174. The molecule has 1 spiro atoms. The molecule has 3 heterocycles. The van der Waals surface area contributed by atoms with Crippen LogP contribution < -0.4 is 10.6 Å². The Morgan fingerprint density at radius 2 is 2.36 bits per heavy atom. The Morgan fingerprint density at radius 1 is 1.52 bits per heavy atom. The highest BCUT2D eigenvalue weighted by Gasteiger charge is 2.54. The molecule has 4 rings (SSSR count). The van der Waals surface area contributed by atoms with E-state index in [1.807, 2.05) is 11.4 Å². The smallest absolute Gasteiger partial charge is 0.325 e. The highest BCUT2D eigenvalue weighted by Crippen LogP contribution is 2.42. The number of fused-ring (bicyclic) bond motifs is 2. The number of carbonyl (C=O) groups is 3. The van der Waals surface area contributed by atoms with E-state index in [9.17, 15) is 14.4 Å². The normalized spacial score (nSPS) is 22.2. The Balaban J connectivity index is 1.54. The fraction of sp³-hybridized carbons (Fsp3) is 0.375. The fourth-order valence-electron chi connectivity index (χ4n) is 3.44. The lowest BCUT2D eigenvalue weighted by molar-refractivity contribution is -0.134. The standard InChI is InChI=1S/C16H16N4O4S/c1-9-7-12(19-24-9)17-13(21)8-20-14(22)16(18-15(20)23)5-2-3-11-10(16)4-6-25-11/h4,6-7H,2-3,5,8H2,1H3,(H,18,23)(H,17,19,21)/t16-/m1/s1. The Kier molecular flexibility index (Phi) is 3.60. The maximum Gasteiger partial charge on any atom is 0.325 e. The summed E-state index contributed by atoms with van der Waals surface area (Å²) in [6.45, 7) is 1.34. The van der Waals surface area contributed by atoms with E-state index >= 15 is 0 Å². The first-order valence-electron chi connectivity index (χ1n) is 7.94. The number of hydrogen-bond donors (Lipinski definition) is 2. The predicted molar refractivity (Wildman–Crippen MR) is 89.0 cm³/mol. The van der Waals surface area contributed by atoms with Gasteiger partial charge in [0.25, 0.3) is 5.91 Å². The number of amides is 4. The lowest BCUT2D eigenvalue weighted by Gasteiger charge is -2.31. The summed E-state index contributed by atoms with van der Waals surface area (Å²) in [6, 6.07) is 2.90. The first-order chi connectivity index (χ1) is 12.0. The number of hydrogen-bond acceptors (Lipinski definition) is 6. The zero-order chi connectivity index (χ0) is 17.6. The Morgan fingerprint density at radius 3 is 3.12 bits per heavy atom. The highest BCUT2D eigenvalue weighted by atomic mass is 32.1. The molecule has 0 bridgehead atoms. The van der Waals surface area contributed by atoms with Crippen molar-refractivity contribution in [1.29, 1.82) is 0 Å². The van der Waals surface area contributed by atoms with Gasteiger partial charge in [0.05, 0.1) is 0 Å². The average molecular weight is 360 g/mol.